The van der Waals surface area contributed by atoms with Crippen molar-refractivity contribution in [2.45, 2.75) is 33.0 Å². The number of hydrogen-bond donors (Lipinski definition) is 1. The molecule has 0 aliphatic rings. The van der Waals surface area contributed by atoms with Crippen molar-refractivity contribution in [1.29, 1.82) is 0 Å². The van der Waals surface area contributed by atoms with Crippen molar-refractivity contribution in [2.75, 3.05) is 0 Å². The highest BCUT2D eigenvalue weighted by molar-refractivity contribution is 7.09. The molecular weight excluding hydrogens is 218 g/mol. The van der Waals surface area contributed by atoms with Crippen LogP contribution in [0.25, 0.3) is 0 Å². The van der Waals surface area contributed by atoms with Gasteiger partial charge >= 0.3 is 0 Å². The average molecular weight is 235 g/mol. The zero-order valence-corrected chi connectivity index (χ0v) is 10.5. The molecule has 0 spiro atoms. The normalized spacial score (nSPS) is 12.9. The Balaban J connectivity index is 1.78. The van der Waals surface area contributed by atoms with Gasteiger partial charge in [-0.3, -0.25) is 4.68 Å². The molecule has 0 saturated carbocycles. The molecule has 1 N–H and O–H groups in total. The van der Waals surface area contributed by atoms with Crippen LogP contribution >= 0.6 is 11.3 Å². The Morgan fingerprint density at radius 1 is 1.56 bits per heavy atom. The third-order valence-corrected chi connectivity index (χ3v) is 3.30. The van der Waals surface area contributed by atoms with Crippen LogP contribution < -0.4 is 5.32 Å². The Hall–Kier alpha value is -1.13. The Morgan fingerprint density at radius 3 is 3.06 bits per heavy atom. The molecule has 3 nitrogen and oxygen atoms in total. The summed E-state index contributed by atoms with van der Waals surface area (Å²) in [4.78, 5) is 1.38. The maximum atomic E-state index is 4.28. The van der Waals surface area contributed by atoms with Gasteiger partial charge in [0.15, 0.2) is 0 Å². The SMILES string of the molecule is Cc1cnn(CC(C)NCc2cccs2)c1. The molecule has 2 aromatic heterocycles. The fourth-order valence-corrected chi connectivity index (χ4v) is 2.26. The summed E-state index contributed by atoms with van der Waals surface area (Å²) in [5, 5.41) is 9.88. The minimum Gasteiger partial charge on any atom is -0.308 e. The topological polar surface area (TPSA) is 29.9 Å². The van der Waals surface area contributed by atoms with E-state index in [-0.39, 0.29) is 0 Å². The van der Waals surface area contributed by atoms with E-state index < -0.39 is 0 Å². The maximum Gasteiger partial charge on any atom is 0.0560 e. The first kappa shape index (κ1) is 11.4. The number of aryl methyl sites for hydroxylation is 1. The highest BCUT2D eigenvalue weighted by atomic mass is 32.1. The van der Waals surface area contributed by atoms with E-state index in [1.54, 1.807) is 11.3 Å². The van der Waals surface area contributed by atoms with Crippen molar-refractivity contribution >= 4 is 11.3 Å². The fraction of sp³-hybridized carbons (Fsp3) is 0.417. The van der Waals surface area contributed by atoms with E-state index in [4.69, 9.17) is 0 Å². The van der Waals surface area contributed by atoms with Gasteiger partial charge in [0.25, 0.3) is 0 Å². The Kier molecular flexibility index (Phi) is 3.74. The lowest BCUT2D eigenvalue weighted by molar-refractivity contribution is 0.452. The van der Waals surface area contributed by atoms with Gasteiger partial charge in [0, 0.05) is 23.7 Å². The summed E-state index contributed by atoms with van der Waals surface area (Å²) in [6, 6.07) is 4.67. The van der Waals surface area contributed by atoms with Crippen LogP contribution in [-0.4, -0.2) is 15.8 Å². The zero-order valence-electron chi connectivity index (χ0n) is 9.68. The van der Waals surface area contributed by atoms with Gasteiger partial charge in [0.2, 0.25) is 0 Å². The lowest BCUT2D eigenvalue weighted by atomic mass is 10.3. The quantitative estimate of drug-likeness (QED) is 0.862. The molecule has 0 aliphatic heterocycles. The number of nitrogens with one attached hydrogen (secondary N) is 1. The van der Waals surface area contributed by atoms with Gasteiger partial charge in [-0.1, -0.05) is 6.07 Å². The summed E-state index contributed by atoms with van der Waals surface area (Å²) in [7, 11) is 0. The van der Waals surface area contributed by atoms with Gasteiger partial charge in [0.05, 0.1) is 12.7 Å². The molecule has 4 heteroatoms. The van der Waals surface area contributed by atoms with E-state index in [0.29, 0.717) is 6.04 Å². The molecule has 0 fully saturated rings. The molecule has 0 aliphatic carbocycles. The van der Waals surface area contributed by atoms with Gasteiger partial charge in [-0.15, -0.1) is 11.3 Å². The largest absolute Gasteiger partial charge is 0.308 e. The van der Waals surface area contributed by atoms with Crippen molar-refractivity contribution < 1.29 is 0 Å². The number of hydrogen-bond acceptors (Lipinski definition) is 3. The van der Waals surface area contributed by atoms with Crippen molar-refractivity contribution in [3.8, 4) is 0 Å². The summed E-state index contributed by atoms with van der Waals surface area (Å²) in [5.74, 6) is 0. The van der Waals surface area contributed by atoms with E-state index >= 15 is 0 Å². The van der Waals surface area contributed by atoms with Crippen LogP contribution in [0.5, 0.6) is 0 Å². The summed E-state index contributed by atoms with van der Waals surface area (Å²) < 4.78 is 1.99. The van der Waals surface area contributed by atoms with E-state index in [1.165, 1.54) is 10.4 Å². The van der Waals surface area contributed by atoms with Gasteiger partial charge in [-0.25, -0.2) is 0 Å². The minimum atomic E-state index is 0.432. The maximum absolute atomic E-state index is 4.28. The number of rotatable bonds is 5. The van der Waals surface area contributed by atoms with Crippen LogP contribution in [0.1, 0.15) is 17.4 Å². The first-order valence-corrected chi connectivity index (χ1v) is 6.37. The molecule has 16 heavy (non-hydrogen) atoms. The lowest BCUT2D eigenvalue weighted by Crippen LogP contribution is -2.29. The van der Waals surface area contributed by atoms with E-state index in [9.17, 15) is 0 Å². The van der Waals surface area contributed by atoms with Crippen LogP contribution in [-0.2, 0) is 13.1 Å². The molecule has 0 saturated heterocycles. The molecule has 86 valence electrons. The molecule has 1 unspecified atom stereocenters. The van der Waals surface area contributed by atoms with E-state index in [1.807, 2.05) is 10.9 Å². The highest BCUT2D eigenvalue weighted by Gasteiger charge is 2.03. The molecule has 2 aromatic rings. The zero-order chi connectivity index (χ0) is 11.4. The monoisotopic (exact) mass is 235 g/mol. The number of thiophene rings is 1. The predicted octanol–water partition coefficient (Wildman–Crippen LogP) is 2.43. The van der Waals surface area contributed by atoms with Gasteiger partial charge in [0.1, 0.15) is 0 Å². The van der Waals surface area contributed by atoms with E-state index in [0.717, 1.165) is 13.1 Å². The molecule has 0 radical (unpaired) electrons. The number of nitrogens with zero attached hydrogens (tertiary/aromatic N) is 2. The Labute approximate surface area is 100 Å². The van der Waals surface area contributed by atoms with Crippen LogP contribution in [0.15, 0.2) is 29.9 Å². The summed E-state index contributed by atoms with van der Waals surface area (Å²) in [6.07, 6.45) is 3.97. The summed E-state index contributed by atoms with van der Waals surface area (Å²) in [6.45, 7) is 6.11. The third kappa shape index (κ3) is 3.18. The molecular formula is C12H17N3S. The summed E-state index contributed by atoms with van der Waals surface area (Å²) >= 11 is 1.79. The van der Waals surface area contributed by atoms with Gasteiger partial charge in [-0.05, 0) is 30.9 Å². The molecule has 0 bridgehead atoms. The molecule has 0 amide bonds. The van der Waals surface area contributed by atoms with E-state index in [2.05, 4.69) is 48.0 Å². The second-order valence-corrected chi connectivity index (χ2v) is 5.13. The van der Waals surface area contributed by atoms with Crippen molar-refractivity contribution in [2.24, 2.45) is 0 Å². The van der Waals surface area contributed by atoms with Crippen LogP contribution in [0.4, 0.5) is 0 Å². The first-order valence-electron chi connectivity index (χ1n) is 5.49. The smallest absolute Gasteiger partial charge is 0.0560 e. The minimum absolute atomic E-state index is 0.432. The van der Waals surface area contributed by atoms with Crippen molar-refractivity contribution in [3.05, 3.63) is 40.3 Å². The van der Waals surface area contributed by atoms with Gasteiger partial charge in [-0.2, -0.15) is 5.10 Å². The molecule has 2 heterocycles. The lowest BCUT2D eigenvalue weighted by Gasteiger charge is -2.12. The predicted molar refractivity (Wildman–Crippen MR) is 67.6 cm³/mol. The Bertz CT molecular complexity index is 419. The second-order valence-electron chi connectivity index (χ2n) is 4.10. The molecule has 0 aromatic carbocycles. The molecule has 2 rings (SSSR count). The molecule has 1 atom stereocenters. The Morgan fingerprint density at radius 2 is 2.44 bits per heavy atom. The fourth-order valence-electron chi connectivity index (χ4n) is 1.60. The van der Waals surface area contributed by atoms with Crippen LogP contribution in [0, 0.1) is 6.92 Å². The third-order valence-electron chi connectivity index (χ3n) is 2.43. The van der Waals surface area contributed by atoms with Crippen LogP contribution in [0.3, 0.4) is 0 Å². The summed E-state index contributed by atoms with van der Waals surface area (Å²) in [5.41, 5.74) is 1.21. The van der Waals surface area contributed by atoms with Crippen molar-refractivity contribution in [3.63, 3.8) is 0 Å². The van der Waals surface area contributed by atoms with Gasteiger partial charge < -0.3 is 5.32 Å². The first-order chi connectivity index (χ1) is 7.74. The average Bonchev–Trinajstić information content (AvgIpc) is 2.87. The standard InChI is InChI=1S/C12H17N3S/c1-10-6-14-15(8-10)9-11(2)13-7-12-4-3-5-16-12/h3-6,8,11,13H,7,9H2,1-2H3. The highest BCUT2D eigenvalue weighted by Crippen LogP contribution is 2.08. The second kappa shape index (κ2) is 5.27. The van der Waals surface area contributed by atoms with Crippen LogP contribution in [0.2, 0.25) is 0 Å². The van der Waals surface area contributed by atoms with Crippen molar-refractivity contribution in [1.82, 2.24) is 15.1 Å². The number of aromatic nitrogens is 2.